The van der Waals surface area contributed by atoms with Crippen molar-refractivity contribution in [2.24, 2.45) is 0 Å². The molecule has 11 heteroatoms. The molecule has 0 aliphatic carbocycles. The number of ether oxygens (including phenoxy) is 4. The van der Waals surface area contributed by atoms with E-state index in [-0.39, 0.29) is 12.0 Å². The molecule has 0 saturated carbocycles. The van der Waals surface area contributed by atoms with Gasteiger partial charge in [-0.15, -0.1) is 0 Å². The third-order valence-electron chi connectivity index (χ3n) is 6.63. The standard InChI is InChI=1S/C29H38O11/c30-17-23-25(26(29(35)38-23)40-28(34)22-19-36-18-21(22)27(32)33)39-24(31)15-11-6-4-2-1-3-5-7-12-16-37-20-13-9-8-10-14-20/h8-10,13-14,18-19,23,25-26,29-30,35H,1-7,11-12,15-17H2,(H,32,33)/t23-,25-,26+,29?/m1/s1. The number of aliphatic hydroxyl groups is 2. The quantitative estimate of drug-likeness (QED) is 0.177. The van der Waals surface area contributed by atoms with Gasteiger partial charge in [-0.05, 0) is 25.0 Å². The van der Waals surface area contributed by atoms with E-state index in [0.717, 1.165) is 76.2 Å². The zero-order valence-corrected chi connectivity index (χ0v) is 22.4. The van der Waals surface area contributed by atoms with Gasteiger partial charge in [0.1, 0.15) is 35.5 Å². The molecule has 0 radical (unpaired) electrons. The van der Waals surface area contributed by atoms with Gasteiger partial charge in [-0.2, -0.15) is 0 Å². The number of aliphatic hydroxyl groups excluding tert-OH is 2. The summed E-state index contributed by atoms with van der Waals surface area (Å²) in [5.41, 5.74) is -0.784. The van der Waals surface area contributed by atoms with Crippen LogP contribution in [0.2, 0.25) is 0 Å². The lowest BCUT2D eigenvalue weighted by atomic mass is 10.1. The van der Waals surface area contributed by atoms with Crippen molar-refractivity contribution in [3.8, 4) is 5.75 Å². The van der Waals surface area contributed by atoms with Crippen molar-refractivity contribution in [2.45, 2.75) is 88.8 Å². The van der Waals surface area contributed by atoms with Crippen molar-refractivity contribution in [3.63, 3.8) is 0 Å². The molecule has 1 aliphatic heterocycles. The Hall–Kier alpha value is -3.41. The lowest BCUT2D eigenvalue weighted by molar-refractivity contribution is -0.157. The number of hydrogen-bond acceptors (Lipinski definition) is 10. The Morgan fingerprint density at radius 1 is 0.800 bits per heavy atom. The highest BCUT2D eigenvalue weighted by Gasteiger charge is 2.49. The highest BCUT2D eigenvalue weighted by Crippen LogP contribution is 2.27. The number of hydrogen-bond donors (Lipinski definition) is 3. The highest BCUT2D eigenvalue weighted by atomic mass is 16.7. The van der Waals surface area contributed by atoms with Crippen molar-refractivity contribution < 1.29 is 53.1 Å². The van der Waals surface area contributed by atoms with E-state index in [0.29, 0.717) is 6.42 Å². The van der Waals surface area contributed by atoms with E-state index in [4.69, 9.17) is 28.5 Å². The Morgan fingerprint density at radius 3 is 2.08 bits per heavy atom. The molecule has 0 amide bonds. The molecule has 1 aliphatic rings. The molecule has 0 bridgehead atoms. The monoisotopic (exact) mass is 562 g/mol. The first-order valence-electron chi connectivity index (χ1n) is 13.7. The Balaban J connectivity index is 1.28. The fourth-order valence-electron chi connectivity index (χ4n) is 4.46. The second-order valence-electron chi connectivity index (χ2n) is 9.67. The van der Waals surface area contributed by atoms with Gasteiger partial charge in [0, 0.05) is 6.42 Å². The predicted molar refractivity (Wildman–Crippen MR) is 141 cm³/mol. The van der Waals surface area contributed by atoms with Crippen molar-refractivity contribution in [3.05, 3.63) is 54.0 Å². The molecular weight excluding hydrogens is 524 g/mol. The number of unbranched alkanes of at least 4 members (excludes halogenated alkanes) is 8. The topological polar surface area (TPSA) is 162 Å². The van der Waals surface area contributed by atoms with E-state index in [9.17, 15) is 24.6 Å². The summed E-state index contributed by atoms with van der Waals surface area (Å²) in [4.78, 5) is 36.2. The average molecular weight is 563 g/mol. The smallest absolute Gasteiger partial charge is 0.342 e. The number of carbonyl (C=O) groups excluding carboxylic acids is 2. The van der Waals surface area contributed by atoms with Gasteiger partial charge in [0.2, 0.25) is 0 Å². The largest absolute Gasteiger partial charge is 0.494 e. The minimum Gasteiger partial charge on any atom is -0.494 e. The van der Waals surface area contributed by atoms with Crippen LogP contribution in [0.25, 0.3) is 0 Å². The summed E-state index contributed by atoms with van der Waals surface area (Å²) in [7, 11) is 0. The minimum absolute atomic E-state index is 0.123. The number of rotatable bonds is 18. The molecule has 1 aromatic carbocycles. The van der Waals surface area contributed by atoms with Gasteiger partial charge in [-0.3, -0.25) is 4.79 Å². The number of esters is 2. The lowest BCUT2D eigenvalue weighted by Crippen LogP contribution is -2.41. The Kier molecular flexibility index (Phi) is 12.9. The summed E-state index contributed by atoms with van der Waals surface area (Å²) in [6.45, 7) is 0.138. The van der Waals surface area contributed by atoms with Crippen LogP contribution in [0, 0.1) is 0 Å². The first kappa shape index (κ1) is 31.1. The number of carbonyl (C=O) groups is 3. The first-order chi connectivity index (χ1) is 19.4. The summed E-state index contributed by atoms with van der Waals surface area (Å²) in [5, 5.41) is 28.9. The molecule has 1 aromatic heterocycles. The molecule has 3 N–H and O–H groups in total. The van der Waals surface area contributed by atoms with E-state index in [1.54, 1.807) is 0 Å². The summed E-state index contributed by atoms with van der Waals surface area (Å²) in [6, 6.07) is 9.79. The fourth-order valence-corrected chi connectivity index (χ4v) is 4.46. The van der Waals surface area contributed by atoms with Gasteiger partial charge in [0.25, 0.3) is 0 Å². The van der Waals surface area contributed by atoms with E-state index in [1.165, 1.54) is 0 Å². The van der Waals surface area contributed by atoms with Crippen LogP contribution in [-0.2, 0) is 19.0 Å². The lowest BCUT2D eigenvalue weighted by Gasteiger charge is -2.22. The third kappa shape index (κ3) is 9.65. The Bertz CT molecular complexity index is 1050. The van der Waals surface area contributed by atoms with Crippen molar-refractivity contribution >= 4 is 17.9 Å². The molecule has 40 heavy (non-hydrogen) atoms. The first-order valence-corrected chi connectivity index (χ1v) is 13.7. The maximum Gasteiger partial charge on any atom is 0.342 e. The molecule has 11 nitrogen and oxygen atoms in total. The predicted octanol–water partition coefficient (Wildman–Crippen LogP) is 4.10. The molecule has 4 atom stereocenters. The van der Waals surface area contributed by atoms with Gasteiger partial charge in [-0.25, -0.2) is 9.59 Å². The van der Waals surface area contributed by atoms with Gasteiger partial charge in [0.05, 0.1) is 13.2 Å². The van der Waals surface area contributed by atoms with Crippen LogP contribution in [0.5, 0.6) is 5.75 Å². The maximum atomic E-state index is 12.5. The highest BCUT2D eigenvalue weighted by molar-refractivity contribution is 6.02. The number of aromatic carboxylic acids is 1. The summed E-state index contributed by atoms with van der Waals surface area (Å²) in [6.07, 6.45) is 5.56. The van der Waals surface area contributed by atoms with Gasteiger partial charge in [-0.1, -0.05) is 63.1 Å². The number of furan rings is 1. The van der Waals surface area contributed by atoms with Crippen LogP contribution in [-0.4, -0.2) is 71.0 Å². The molecule has 3 rings (SSSR count). The van der Waals surface area contributed by atoms with E-state index in [2.05, 4.69) is 0 Å². The maximum absolute atomic E-state index is 12.5. The van der Waals surface area contributed by atoms with Gasteiger partial charge >= 0.3 is 17.9 Å². The van der Waals surface area contributed by atoms with Crippen LogP contribution in [0.4, 0.5) is 0 Å². The van der Waals surface area contributed by atoms with Crippen LogP contribution in [0.3, 0.4) is 0 Å². The van der Waals surface area contributed by atoms with Crippen LogP contribution < -0.4 is 4.74 Å². The molecule has 2 aromatic rings. The molecule has 0 spiro atoms. The summed E-state index contributed by atoms with van der Waals surface area (Å²) >= 11 is 0. The normalized spacial score (nSPS) is 20.2. The number of carboxylic acids is 1. The molecule has 1 saturated heterocycles. The zero-order valence-electron chi connectivity index (χ0n) is 22.4. The average Bonchev–Trinajstić information content (AvgIpc) is 3.55. The second kappa shape index (κ2) is 16.6. The molecule has 2 heterocycles. The van der Waals surface area contributed by atoms with Crippen LogP contribution in [0.15, 0.2) is 47.3 Å². The van der Waals surface area contributed by atoms with Crippen molar-refractivity contribution in [2.75, 3.05) is 13.2 Å². The molecular formula is C29H38O11. The number of benzene rings is 1. The van der Waals surface area contributed by atoms with Crippen molar-refractivity contribution in [1.29, 1.82) is 0 Å². The van der Waals surface area contributed by atoms with E-state index < -0.39 is 54.7 Å². The van der Waals surface area contributed by atoms with E-state index in [1.807, 2.05) is 30.3 Å². The number of carboxylic acid groups (broad SMARTS) is 1. The minimum atomic E-state index is -1.67. The van der Waals surface area contributed by atoms with Gasteiger partial charge < -0.3 is 38.7 Å². The second-order valence-corrected chi connectivity index (χ2v) is 9.67. The van der Waals surface area contributed by atoms with Crippen LogP contribution in [0.1, 0.15) is 84.9 Å². The van der Waals surface area contributed by atoms with E-state index >= 15 is 0 Å². The molecule has 1 fully saturated rings. The van der Waals surface area contributed by atoms with Crippen LogP contribution >= 0.6 is 0 Å². The fraction of sp³-hybridized carbons (Fsp3) is 0.552. The van der Waals surface area contributed by atoms with Crippen molar-refractivity contribution in [1.82, 2.24) is 0 Å². The summed E-state index contributed by atoms with van der Waals surface area (Å²) < 4.78 is 26.2. The molecule has 220 valence electrons. The third-order valence-corrected chi connectivity index (χ3v) is 6.63. The number of para-hydroxylation sites is 1. The molecule has 1 unspecified atom stereocenters. The van der Waals surface area contributed by atoms with Gasteiger partial charge in [0.15, 0.2) is 18.5 Å². The Labute approximate surface area is 233 Å². The SMILES string of the molecule is O=C(CCCCCCCCCCCOc1ccccc1)O[C@H]1[C@H](OC(=O)c2cocc2C(=O)O)C(O)O[C@@H]1CO. The summed E-state index contributed by atoms with van der Waals surface area (Å²) in [5.74, 6) is -2.17. The zero-order chi connectivity index (χ0) is 28.7. The Morgan fingerprint density at radius 2 is 1.43 bits per heavy atom.